The minimum Gasteiger partial charge on any atom is -0.375 e. The molecule has 0 aliphatic carbocycles. The summed E-state index contributed by atoms with van der Waals surface area (Å²) in [5.74, 6) is 0.534. The monoisotopic (exact) mass is 182 g/mol. The van der Waals surface area contributed by atoms with Gasteiger partial charge in [-0.15, -0.1) is 11.6 Å². The lowest BCUT2D eigenvalue weighted by atomic mass is 9.98. The SMILES string of the molecule is CC(CF)OCC(C)(C)CCl. The largest absolute Gasteiger partial charge is 0.375 e. The lowest BCUT2D eigenvalue weighted by molar-refractivity contribution is 0.00771. The van der Waals surface area contributed by atoms with Crippen LogP contribution in [0.2, 0.25) is 0 Å². The average Bonchev–Trinajstić information content (AvgIpc) is 2.00. The molecule has 0 fully saturated rings. The molecule has 0 saturated carbocycles. The third kappa shape index (κ3) is 5.45. The van der Waals surface area contributed by atoms with Gasteiger partial charge >= 0.3 is 0 Å². The van der Waals surface area contributed by atoms with E-state index in [0.717, 1.165) is 0 Å². The third-order valence-electron chi connectivity index (χ3n) is 1.34. The van der Waals surface area contributed by atoms with Crippen molar-refractivity contribution in [3.8, 4) is 0 Å². The van der Waals surface area contributed by atoms with E-state index in [1.54, 1.807) is 6.92 Å². The van der Waals surface area contributed by atoms with Crippen LogP contribution in [0, 0.1) is 5.41 Å². The molecular formula is C8H16ClFO. The van der Waals surface area contributed by atoms with E-state index < -0.39 is 6.67 Å². The fraction of sp³-hybridized carbons (Fsp3) is 1.00. The summed E-state index contributed by atoms with van der Waals surface area (Å²) < 4.78 is 17.1. The predicted molar refractivity (Wildman–Crippen MR) is 45.9 cm³/mol. The zero-order valence-corrected chi connectivity index (χ0v) is 8.12. The minimum absolute atomic E-state index is 0.0506. The molecule has 0 aromatic rings. The Morgan fingerprint density at radius 1 is 1.55 bits per heavy atom. The zero-order valence-electron chi connectivity index (χ0n) is 7.36. The molecule has 0 saturated heterocycles. The summed E-state index contributed by atoms with van der Waals surface area (Å²) in [6.45, 7) is 5.78. The van der Waals surface area contributed by atoms with E-state index in [1.807, 2.05) is 13.8 Å². The molecule has 1 unspecified atom stereocenters. The highest BCUT2D eigenvalue weighted by Crippen LogP contribution is 2.17. The van der Waals surface area contributed by atoms with Crippen molar-refractivity contribution in [2.75, 3.05) is 19.2 Å². The molecule has 1 atom stereocenters. The van der Waals surface area contributed by atoms with Crippen molar-refractivity contribution in [2.24, 2.45) is 5.41 Å². The zero-order chi connectivity index (χ0) is 8.91. The Morgan fingerprint density at radius 3 is 2.45 bits per heavy atom. The van der Waals surface area contributed by atoms with Crippen LogP contribution in [-0.4, -0.2) is 25.3 Å². The summed E-state index contributed by atoms with van der Waals surface area (Å²) in [7, 11) is 0. The molecule has 11 heavy (non-hydrogen) atoms. The molecular weight excluding hydrogens is 167 g/mol. The lowest BCUT2D eigenvalue weighted by Gasteiger charge is -2.22. The maximum atomic E-state index is 11.9. The molecule has 0 aliphatic rings. The first-order chi connectivity index (χ1) is 5.02. The van der Waals surface area contributed by atoms with Gasteiger partial charge in [0.1, 0.15) is 6.67 Å². The van der Waals surface area contributed by atoms with E-state index in [-0.39, 0.29) is 11.5 Å². The second kappa shape index (κ2) is 4.94. The van der Waals surface area contributed by atoms with Gasteiger partial charge in [0.25, 0.3) is 0 Å². The molecule has 0 radical (unpaired) electrons. The van der Waals surface area contributed by atoms with Crippen LogP contribution in [0.25, 0.3) is 0 Å². The fourth-order valence-corrected chi connectivity index (χ4v) is 0.528. The van der Waals surface area contributed by atoms with Crippen LogP contribution in [0.5, 0.6) is 0 Å². The van der Waals surface area contributed by atoms with Gasteiger partial charge in [0.05, 0.1) is 12.7 Å². The highest BCUT2D eigenvalue weighted by molar-refractivity contribution is 6.18. The molecule has 0 aliphatic heterocycles. The van der Waals surface area contributed by atoms with Crippen molar-refractivity contribution in [1.82, 2.24) is 0 Å². The van der Waals surface area contributed by atoms with Gasteiger partial charge in [-0.25, -0.2) is 4.39 Å². The Hall–Kier alpha value is 0.180. The van der Waals surface area contributed by atoms with Gasteiger partial charge in [-0.2, -0.15) is 0 Å². The summed E-state index contributed by atoms with van der Waals surface area (Å²) in [5, 5.41) is 0. The normalized spacial score (nSPS) is 15.0. The predicted octanol–water partition coefficient (Wildman–Crippen LogP) is 2.63. The molecule has 0 bridgehead atoms. The topological polar surface area (TPSA) is 9.23 Å². The summed E-state index contributed by atoms with van der Waals surface area (Å²) in [6.07, 6.45) is -0.308. The molecule has 3 heteroatoms. The second-order valence-corrected chi connectivity index (χ2v) is 3.84. The van der Waals surface area contributed by atoms with Gasteiger partial charge in [-0.1, -0.05) is 13.8 Å². The number of hydrogen-bond donors (Lipinski definition) is 0. The number of hydrogen-bond acceptors (Lipinski definition) is 1. The standard InChI is InChI=1S/C8H16ClFO/c1-7(4-10)11-6-8(2,3)5-9/h7H,4-6H2,1-3H3. The van der Waals surface area contributed by atoms with Gasteiger partial charge in [0, 0.05) is 11.3 Å². The number of rotatable bonds is 5. The fourth-order valence-electron chi connectivity index (χ4n) is 0.451. The van der Waals surface area contributed by atoms with Crippen molar-refractivity contribution in [3.63, 3.8) is 0 Å². The second-order valence-electron chi connectivity index (χ2n) is 3.57. The van der Waals surface area contributed by atoms with Gasteiger partial charge in [0.2, 0.25) is 0 Å². The minimum atomic E-state index is -0.432. The first kappa shape index (κ1) is 11.2. The van der Waals surface area contributed by atoms with Gasteiger partial charge in [-0.3, -0.25) is 0 Å². The molecule has 0 N–H and O–H groups in total. The van der Waals surface area contributed by atoms with Crippen molar-refractivity contribution in [1.29, 1.82) is 0 Å². The van der Waals surface area contributed by atoms with Gasteiger partial charge < -0.3 is 4.74 Å². The third-order valence-corrected chi connectivity index (χ3v) is 2.06. The highest BCUT2D eigenvalue weighted by atomic mass is 35.5. The van der Waals surface area contributed by atoms with Crippen LogP contribution in [0.4, 0.5) is 4.39 Å². The first-order valence-electron chi connectivity index (χ1n) is 3.75. The first-order valence-corrected chi connectivity index (χ1v) is 4.29. The molecule has 68 valence electrons. The summed E-state index contributed by atoms with van der Waals surface area (Å²) in [4.78, 5) is 0. The summed E-state index contributed by atoms with van der Waals surface area (Å²) in [6, 6.07) is 0. The molecule has 0 aromatic heterocycles. The molecule has 0 rings (SSSR count). The highest BCUT2D eigenvalue weighted by Gasteiger charge is 2.17. The van der Waals surface area contributed by atoms with E-state index in [9.17, 15) is 4.39 Å². The van der Waals surface area contributed by atoms with Crippen LogP contribution in [-0.2, 0) is 4.74 Å². The Kier molecular flexibility index (Phi) is 5.02. The van der Waals surface area contributed by atoms with Crippen LogP contribution in [0.15, 0.2) is 0 Å². The van der Waals surface area contributed by atoms with Crippen LogP contribution in [0.1, 0.15) is 20.8 Å². The van der Waals surface area contributed by atoms with Crippen LogP contribution in [0.3, 0.4) is 0 Å². The Labute approximate surface area is 72.9 Å². The number of ether oxygens (including phenoxy) is 1. The Morgan fingerprint density at radius 2 is 2.09 bits per heavy atom. The number of halogens is 2. The van der Waals surface area contributed by atoms with Crippen molar-refractivity contribution < 1.29 is 9.13 Å². The molecule has 1 nitrogen and oxygen atoms in total. The van der Waals surface area contributed by atoms with E-state index in [2.05, 4.69) is 0 Å². The summed E-state index contributed by atoms with van der Waals surface area (Å²) >= 11 is 5.65. The van der Waals surface area contributed by atoms with E-state index in [0.29, 0.717) is 12.5 Å². The average molecular weight is 183 g/mol. The smallest absolute Gasteiger partial charge is 0.115 e. The van der Waals surface area contributed by atoms with E-state index >= 15 is 0 Å². The van der Waals surface area contributed by atoms with E-state index in [4.69, 9.17) is 16.3 Å². The van der Waals surface area contributed by atoms with Gasteiger partial charge in [-0.05, 0) is 6.92 Å². The Balaban J connectivity index is 3.52. The van der Waals surface area contributed by atoms with Crippen LogP contribution < -0.4 is 0 Å². The molecule has 0 spiro atoms. The van der Waals surface area contributed by atoms with Crippen molar-refractivity contribution in [2.45, 2.75) is 26.9 Å². The maximum absolute atomic E-state index is 11.9. The van der Waals surface area contributed by atoms with Crippen molar-refractivity contribution in [3.05, 3.63) is 0 Å². The molecule has 0 amide bonds. The maximum Gasteiger partial charge on any atom is 0.115 e. The van der Waals surface area contributed by atoms with Gasteiger partial charge in [0.15, 0.2) is 0 Å². The van der Waals surface area contributed by atoms with Crippen molar-refractivity contribution >= 4 is 11.6 Å². The molecule has 0 heterocycles. The quantitative estimate of drug-likeness (QED) is 0.594. The lowest BCUT2D eigenvalue weighted by Crippen LogP contribution is -2.25. The number of alkyl halides is 2. The molecule has 0 aromatic carbocycles. The van der Waals surface area contributed by atoms with E-state index in [1.165, 1.54) is 0 Å². The Bertz CT molecular complexity index is 106. The van der Waals surface area contributed by atoms with Crippen LogP contribution >= 0.6 is 11.6 Å². The summed E-state index contributed by atoms with van der Waals surface area (Å²) in [5.41, 5.74) is -0.0506.